The number of benzene rings is 2. The fraction of sp³-hybridized carbons (Fsp3) is 0.0625. The lowest BCUT2D eigenvalue weighted by Crippen LogP contribution is -1.96. The summed E-state index contributed by atoms with van der Waals surface area (Å²) in [4.78, 5) is 10.7. The number of hydrogen-bond acceptors (Lipinski definition) is 2. The fourth-order valence-electron chi connectivity index (χ4n) is 1.66. The molecule has 102 valence electrons. The van der Waals surface area contributed by atoms with Crippen LogP contribution in [0.2, 0.25) is 0 Å². The smallest absolute Gasteiger partial charge is 0.245 e. The average Bonchev–Trinajstić information content (AvgIpc) is 2.43. The van der Waals surface area contributed by atoms with E-state index in [2.05, 4.69) is 0 Å². The summed E-state index contributed by atoms with van der Waals surface area (Å²) >= 11 is 5.23. The van der Waals surface area contributed by atoms with Crippen molar-refractivity contribution in [3.05, 3.63) is 71.6 Å². The maximum Gasteiger partial charge on any atom is 0.245 e. The first-order valence-corrected chi connectivity index (χ1v) is 6.36. The molecule has 2 aromatic carbocycles. The molecule has 0 amide bonds. The molecule has 4 heteroatoms. The molecule has 0 saturated heterocycles. The number of hydrogen-bond donors (Lipinski definition) is 0. The minimum atomic E-state index is -0.531. The zero-order valence-corrected chi connectivity index (χ0v) is 11.3. The van der Waals surface area contributed by atoms with Gasteiger partial charge in [-0.1, -0.05) is 30.3 Å². The summed E-state index contributed by atoms with van der Waals surface area (Å²) in [5.74, 6) is 0.349. The Labute approximate surface area is 121 Å². The van der Waals surface area contributed by atoms with Gasteiger partial charge < -0.3 is 4.74 Å². The van der Waals surface area contributed by atoms with Crippen molar-refractivity contribution in [1.82, 2.24) is 0 Å². The molecular weight excluding hydrogens is 279 g/mol. The number of ether oxygens (including phenoxy) is 1. The van der Waals surface area contributed by atoms with E-state index in [1.54, 1.807) is 36.4 Å². The maximum absolute atomic E-state index is 13.0. The van der Waals surface area contributed by atoms with E-state index in [0.29, 0.717) is 5.75 Å². The van der Waals surface area contributed by atoms with Crippen LogP contribution in [0.3, 0.4) is 0 Å². The van der Waals surface area contributed by atoms with Crippen molar-refractivity contribution in [2.45, 2.75) is 6.61 Å². The van der Waals surface area contributed by atoms with Crippen LogP contribution in [0.5, 0.6) is 5.75 Å². The topological polar surface area (TPSA) is 26.3 Å². The van der Waals surface area contributed by atoms with E-state index in [-0.39, 0.29) is 12.4 Å². The normalized spacial score (nSPS) is 10.7. The van der Waals surface area contributed by atoms with Crippen LogP contribution in [0.1, 0.15) is 11.1 Å². The third kappa shape index (κ3) is 4.52. The van der Waals surface area contributed by atoms with Gasteiger partial charge in [-0.05, 0) is 53.1 Å². The van der Waals surface area contributed by atoms with Crippen molar-refractivity contribution in [2.24, 2.45) is 0 Å². The van der Waals surface area contributed by atoms with Gasteiger partial charge in [-0.25, -0.2) is 4.39 Å². The van der Waals surface area contributed by atoms with Crippen LogP contribution in [0.25, 0.3) is 6.08 Å². The van der Waals surface area contributed by atoms with E-state index in [0.717, 1.165) is 11.1 Å². The Balaban J connectivity index is 2.03. The minimum Gasteiger partial charge on any atom is -0.489 e. The number of carbonyl (C=O) groups excluding carboxylic acids is 1. The predicted octanol–water partition coefficient (Wildman–Crippen LogP) is 4.18. The second kappa shape index (κ2) is 6.87. The summed E-state index contributed by atoms with van der Waals surface area (Å²) in [6, 6.07) is 13.4. The number of carbonyl (C=O) groups is 1. The lowest BCUT2D eigenvalue weighted by molar-refractivity contribution is -0.107. The van der Waals surface area contributed by atoms with E-state index in [9.17, 15) is 9.18 Å². The lowest BCUT2D eigenvalue weighted by atomic mass is 10.2. The second-order valence-electron chi connectivity index (χ2n) is 4.13. The molecule has 0 aliphatic rings. The highest BCUT2D eigenvalue weighted by molar-refractivity contribution is 6.66. The summed E-state index contributed by atoms with van der Waals surface area (Å²) in [7, 11) is 0. The highest BCUT2D eigenvalue weighted by Crippen LogP contribution is 2.16. The number of allylic oxidation sites excluding steroid dienone is 1. The van der Waals surface area contributed by atoms with Gasteiger partial charge in [0, 0.05) is 0 Å². The second-order valence-corrected chi connectivity index (χ2v) is 4.50. The van der Waals surface area contributed by atoms with Crippen molar-refractivity contribution >= 4 is 22.9 Å². The molecule has 0 saturated carbocycles. The number of halogens is 2. The Hall–Kier alpha value is -2.13. The Morgan fingerprint density at radius 2 is 2.00 bits per heavy atom. The van der Waals surface area contributed by atoms with Gasteiger partial charge in [0.25, 0.3) is 0 Å². The largest absolute Gasteiger partial charge is 0.489 e. The Kier molecular flexibility index (Phi) is 4.91. The standard InChI is InChI=1S/C16H12ClFO2/c17-16(19)8-7-12-3-2-6-15(10-12)20-11-13-4-1-5-14(18)9-13/h1-10H,11H2/b8-7+. The van der Waals surface area contributed by atoms with Crippen LogP contribution in [-0.2, 0) is 11.4 Å². The monoisotopic (exact) mass is 290 g/mol. The average molecular weight is 291 g/mol. The zero-order chi connectivity index (χ0) is 14.4. The van der Waals surface area contributed by atoms with Crippen molar-refractivity contribution < 1.29 is 13.9 Å². The van der Waals surface area contributed by atoms with Gasteiger partial charge in [-0.2, -0.15) is 0 Å². The Morgan fingerprint density at radius 1 is 1.20 bits per heavy atom. The fourth-order valence-corrected chi connectivity index (χ4v) is 1.73. The molecule has 2 rings (SSSR count). The van der Waals surface area contributed by atoms with Gasteiger partial charge in [0.2, 0.25) is 5.24 Å². The highest BCUT2D eigenvalue weighted by atomic mass is 35.5. The van der Waals surface area contributed by atoms with Crippen LogP contribution >= 0.6 is 11.6 Å². The van der Waals surface area contributed by atoms with Gasteiger partial charge in [-0.15, -0.1) is 0 Å². The van der Waals surface area contributed by atoms with E-state index in [1.165, 1.54) is 18.2 Å². The number of rotatable bonds is 5. The summed E-state index contributed by atoms with van der Waals surface area (Å²) in [6.07, 6.45) is 2.87. The van der Waals surface area contributed by atoms with Crippen molar-refractivity contribution in [3.8, 4) is 5.75 Å². The van der Waals surface area contributed by atoms with Crippen LogP contribution in [0.15, 0.2) is 54.6 Å². The summed E-state index contributed by atoms with van der Waals surface area (Å²) < 4.78 is 18.6. The van der Waals surface area contributed by atoms with Gasteiger partial charge >= 0.3 is 0 Å². The van der Waals surface area contributed by atoms with Crippen LogP contribution in [-0.4, -0.2) is 5.24 Å². The molecule has 0 spiro atoms. The first-order chi connectivity index (χ1) is 9.63. The zero-order valence-electron chi connectivity index (χ0n) is 10.6. The summed E-state index contributed by atoms with van der Waals surface area (Å²) in [5.41, 5.74) is 1.55. The van der Waals surface area contributed by atoms with E-state index in [4.69, 9.17) is 16.3 Å². The van der Waals surface area contributed by atoms with Gasteiger partial charge in [0.1, 0.15) is 18.2 Å². The molecule has 0 bridgehead atoms. The van der Waals surface area contributed by atoms with Gasteiger partial charge in [-0.3, -0.25) is 4.79 Å². The van der Waals surface area contributed by atoms with Crippen LogP contribution in [0, 0.1) is 5.82 Å². The lowest BCUT2D eigenvalue weighted by Gasteiger charge is -2.07. The molecule has 0 heterocycles. The quantitative estimate of drug-likeness (QED) is 0.610. The van der Waals surface area contributed by atoms with E-state index < -0.39 is 5.24 Å². The van der Waals surface area contributed by atoms with E-state index in [1.807, 2.05) is 6.07 Å². The molecule has 20 heavy (non-hydrogen) atoms. The van der Waals surface area contributed by atoms with E-state index >= 15 is 0 Å². The molecule has 0 aromatic heterocycles. The third-order valence-corrected chi connectivity index (χ3v) is 2.69. The summed E-state index contributed by atoms with van der Waals surface area (Å²) in [6.45, 7) is 0.277. The van der Waals surface area contributed by atoms with Crippen molar-refractivity contribution in [1.29, 1.82) is 0 Å². The van der Waals surface area contributed by atoms with Crippen molar-refractivity contribution in [3.63, 3.8) is 0 Å². The molecule has 0 atom stereocenters. The highest BCUT2D eigenvalue weighted by Gasteiger charge is 1.98. The molecule has 0 unspecified atom stereocenters. The first kappa shape index (κ1) is 14.3. The molecule has 0 aliphatic carbocycles. The summed E-state index contributed by atoms with van der Waals surface area (Å²) in [5, 5.41) is -0.531. The van der Waals surface area contributed by atoms with Crippen LogP contribution in [0.4, 0.5) is 4.39 Å². The predicted molar refractivity (Wildman–Crippen MR) is 77.1 cm³/mol. The Morgan fingerprint density at radius 3 is 2.75 bits per heavy atom. The molecule has 0 N–H and O–H groups in total. The van der Waals surface area contributed by atoms with Crippen molar-refractivity contribution in [2.75, 3.05) is 0 Å². The van der Waals surface area contributed by atoms with Gasteiger partial charge in [0.15, 0.2) is 0 Å². The first-order valence-electron chi connectivity index (χ1n) is 5.98. The molecular formula is C16H12ClFO2. The molecule has 0 aliphatic heterocycles. The third-order valence-electron chi connectivity index (χ3n) is 2.56. The van der Waals surface area contributed by atoms with Gasteiger partial charge in [0.05, 0.1) is 0 Å². The Bertz CT molecular complexity index is 638. The molecule has 2 nitrogen and oxygen atoms in total. The minimum absolute atomic E-state index is 0.277. The SMILES string of the molecule is O=C(Cl)/C=C/c1cccc(OCc2cccc(F)c2)c1. The maximum atomic E-state index is 13.0. The molecule has 2 aromatic rings. The molecule has 0 radical (unpaired) electrons. The molecule has 0 fully saturated rings. The van der Waals surface area contributed by atoms with Crippen LogP contribution < -0.4 is 4.74 Å².